The SMILES string of the molecule is COc1cc(CNc2ccc(C)cc2C)cc(Cl)c1OCc1cccc(F)c1. The van der Waals surface area contributed by atoms with Crippen LogP contribution >= 0.6 is 11.6 Å². The van der Waals surface area contributed by atoms with Gasteiger partial charge in [0.15, 0.2) is 11.5 Å². The van der Waals surface area contributed by atoms with Crippen molar-refractivity contribution in [2.75, 3.05) is 12.4 Å². The van der Waals surface area contributed by atoms with Crippen molar-refractivity contribution in [2.45, 2.75) is 27.0 Å². The van der Waals surface area contributed by atoms with Crippen molar-refractivity contribution < 1.29 is 13.9 Å². The van der Waals surface area contributed by atoms with Gasteiger partial charge in [-0.1, -0.05) is 41.4 Å². The number of halogens is 2. The van der Waals surface area contributed by atoms with Crippen LogP contribution < -0.4 is 14.8 Å². The van der Waals surface area contributed by atoms with Gasteiger partial charge in [0, 0.05) is 12.2 Å². The van der Waals surface area contributed by atoms with Gasteiger partial charge in [0.2, 0.25) is 0 Å². The number of nitrogens with one attached hydrogen (secondary N) is 1. The third-order valence-electron chi connectivity index (χ3n) is 4.43. The molecule has 1 N–H and O–H groups in total. The van der Waals surface area contributed by atoms with Gasteiger partial charge in [-0.15, -0.1) is 0 Å². The minimum atomic E-state index is -0.299. The molecular formula is C23H23ClFNO2. The Morgan fingerprint density at radius 3 is 2.54 bits per heavy atom. The number of rotatable bonds is 7. The predicted octanol–water partition coefficient (Wildman–Crippen LogP) is 6.30. The standard InChI is InChI=1S/C23H23ClFNO2/c1-15-7-8-21(16(2)9-15)26-13-18-11-20(24)23(22(12-18)27-3)28-14-17-5-4-6-19(25)10-17/h4-12,26H,13-14H2,1-3H3. The highest BCUT2D eigenvalue weighted by Gasteiger charge is 2.13. The monoisotopic (exact) mass is 399 g/mol. The Labute approximate surface area is 170 Å². The lowest BCUT2D eigenvalue weighted by Crippen LogP contribution is -2.03. The largest absolute Gasteiger partial charge is 0.493 e. The van der Waals surface area contributed by atoms with Crippen LogP contribution in [0.25, 0.3) is 0 Å². The Morgan fingerprint density at radius 2 is 1.82 bits per heavy atom. The maximum atomic E-state index is 13.3. The van der Waals surface area contributed by atoms with E-state index in [4.69, 9.17) is 21.1 Å². The topological polar surface area (TPSA) is 30.5 Å². The molecule has 0 amide bonds. The van der Waals surface area contributed by atoms with E-state index in [0.717, 1.165) is 16.8 Å². The highest BCUT2D eigenvalue weighted by molar-refractivity contribution is 6.32. The van der Waals surface area contributed by atoms with Gasteiger partial charge in [0.05, 0.1) is 12.1 Å². The average Bonchev–Trinajstić information content (AvgIpc) is 2.66. The highest BCUT2D eigenvalue weighted by atomic mass is 35.5. The molecule has 3 aromatic rings. The molecule has 0 aromatic heterocycles. The zero-order valence-electron chi connectivity index (χ0n) is 16.2. The van der Waals surface area contributed by atoms with E-state index in [-0.39, 0.29) is 12.4 Å². The minimum absolute atomic E-state index is 0.202. The van der Waals surface area contributed by atoms with Gasteiger partial charge >= 0.3 is 0 Å². The van der Waals surface area contributed by atoms with Crippen molar-refractivity contribution in [2.24, 2.45) is 0 Å². The first-order valence-corrected chi connectivity index (χ1v) is 9.39. The number of methoxy groups -OCH3 is 1. The third-order valence-corrected chi connectivity index (χ3v) is 4.71. The van der Waals surface area contributed by atoms with Crippen LogP contribution in [0.2, 0.25) is 5.02 Å². The molecule has 3 aromatic carbocycles. The molecule has 0 saturated carbocycles. The molecule has 0 heterocycles. The summed E-state index contributed by atoms with van der Waals surface area (Å²) in [5.41, 5.74) is 5.19. The van der Waals surface area contributed by atoms with E-state index in [9.17, 15) is 4.39 Å². The van der Waals surface area contributed by atoms with Gasteiger partial charge in [-0.3, -0.25) is 0 Å². The molecule has 0 bridgehead atoms. The van der Waals surface area contributed by atoms with Crippen LogP contribution in [0.4, 0.5) is 10.1 Å². The molecule has 3 nitrogen and oxygen atoms in total. The van der Waals surface area contributed by atoms with E-state index in [1.807, 2.05) is 12.1 Å². The normalized spacial score (nSPS) is 10.6. The summed E-state index contributed by atoms with van der Waals surface area (Å²) < 4.78 is 24.6. The van der Waals surface area contributed by atoms with Crippen LogP contribution in [0.5, 0.6) is 11.5 Å². The van der Waals surface area contributed by atoms with Crippen molar-refractivity contribution in [3.8, 4) is 11.5 Å². The summed E-state index contributed by atoms with van der Waals surface area (Å²) in [4.78, 5) is 0. The van der Waals surface area contributed by atoms with Crippen LogP contribution in [0.1, 0.15) is 22.3 Å². The van der Waals surface area contributed by atoms with Crippen molar-refractivity contribution in [3.63, 3.8) is 0 Å². The lowest BCUT2D eigenvalue weighted by atomic mass is 10.1. The number of hydrogen-bond acceptors (Lipinski definition) is 3. The van der Waals surface area contributed by atoms with Crippen LogP contribution in [0, 0.1) is 19.7 Å². The van der Waals surface area contributed by atoms with Crippen molar-refractivity contribution >= 4 is 17.3 Å². The zero-order valence-corrected chi connectivity index (χ0v) is 16.9. The molecule has 0 fully saturated rings. The van der Waals surface area contributed by atoms with Crippen molar-refractivity contribution in [3.05, 3.63) is 87.7 Å². The van der Waals surface area contributed by atoms with Crippen LogP contribution in [-0.2, 0) is 13.2 Å². The van der Waals surface area contributed by atoms with E-state index in [1.54, 1.807) is 19.2 Å². The summed E-state index contributed by atoms with van der Waals surface area (Å²) in [6.45, 7) is 4.95. The summed E-state index contributed by atoms with van der Waals surface area (Å²) >= 11 is 6.44. The summed E-state index contributed by atoms with van der Waals surface area (Å²) in [5, 5.41) is 3.87. The Bertz CT molecular complexity index is 975. The fourth-order valence-corrected chi connectivity index (χ4v) is 3.29. The van der Waals surface area contributed by atoms with Gasteiger partial charge < -0.3 is 14.8 Å². The zero-order chi connectivity index (χ0) is 20.1. The predicted molar refractivity (Wildman–Crippen MR) is 112 cm³/mol. The smallest absolute Gasteiger partial charge is 0.180 e. The van der Waals surface area contributed by atoms with Gasteiger partial charge in [0.25, 0.3) is 0 Å². The Morgan fingerprint density at radius 1 is 1.00 bits per heavy atom. The first-order chi connectivity index (χ1) is 13.5. The van der Waals surface area contributed by atoms with Gasteiger partial charge in [-0.05, 0) is 60.9 Å². The summed E-state index contributed by atoms with van der Waals surface area (Å²) in [5.74, 6) is 0.692. The molecule has 0 saturated heterocycles. The van der Waals surface area contributed by atoms with E-state index >= 15 is 0 Å². The van der Waals surface area contributed by atoms with Gasteiger partial charge in [-0.2, -0.15) is 0 Å². The lowest BCUT2D eigenvalue weighted by Gasteiger charge is -2.15. The molecule has 0 aliphatic heterocycles. The number of hydrogen-bond donors (Lipinski definition) is 1. The first-order valence-electron chi connectivity index (χ1n) is 9.01. The molecule has 0 aliphatic rings. The Hall–Kier alpha value is -2.72. The quantitative estimate of drug-likeness (QED) is 0.506. The Kier molecular flexibility index (Phi) is 6.42. The average molecular weight is 400 g/mol. The third kappa shape index (κ3) is 4.96. The number of ether oxygens (including phenoxy) is 2. The van der Waals surface area contributed by atoms with Crippen LogP contribution in [0.3, 0.4) is 0 Å². The molecule has 3 rings (SSSR count). The molecule has 5 heteroatoms. The number of aryl methyl sites for hydroxylation is 2. The van der Waals surface area contributed by atoms with Crippen LogP contribution in [0.15, 0.2) is 54.6 Å². The minimum Gasteiger partial charge on any atom is -0.493 e. The molecule has 0 unspecified atom stereocenters. The van der Waals surface area contributed by atoms with Crippen LogP contribution in [-0.4, -0.2) is 7.11 Å². The molecule has 0 aliphatic carbocycles. The first kappa shape index (κ1) is 20.0. The number of benzene rings is 3. The maximum absolute atomic E-state index is 13.3. The van der Waals surface area contributed by atoms with Gasteiger partial charge in [0.1, 0.15) is 12.4 Å². The summed E-state index contributed by atoms with van der Waals surface area (Å²) in [6, 6.07) is 16.3. The molecule has 28 heavy (non-hydrogen) atoms. The second kappa shape index (κ2) is 8.98. The fourth-order valence-electron chi connectivity index (χ4n) is 3.01. The molecule has 0 atom stereocenters. The number of anilines is 1. The Balaban J connectivity index is 1.73. The fraction of sp³-hybridized carbons (Fsp3) is 0.217. The summed E-state index contributed by atoms with van der Waals surface area (Å²) in [6.07, 6.45) is 0. The maximum Gasteiger partial charge on any atom is 0.180 e. The van der Waals surface area contributed by atoms with Gasteiger partial charge in [-0.25, -0.2) is 4.39 Å². The molecule has 146 valence electrons. The van der Waals surface area contributed by atoms with E-state index in [0.29, 0.717) is 23.1 Å². The van der Waals surface area contributed by atoms with E-state index in [2.05, 4.69) is 37.4 Å². The van der Waals surface area contributed by atoms with E-state index < -0.39 is 0 Å². The lowest BCUT2D eigenvalue weighted by molar-refractivity contribution is 0.284. The second-order valence-electron chi connectivity index (χ2n) is 6.70. The molecule has 0 spiro atoms. The molecular weight excluding hydrogens is 377 g/mol. The van der Waals surface area contributed by atoms with Crippen molar-refractivity contribution in [1.29, 1.82) is 0 Å². The molecule has 0 radical (unpaired) electrons. The summed E-state index contributed by atoms with van der Waals surface area (Å²) in [7, 11) is 1.57. The second-order valence-corrected chi connectivity index (χ2v) is 7.11. The highest BCUT2D eigenvalue weighted by Crippen LogP contribution is 2.37. The van der Waals surface area contributed by atoms with Crippen molar-refractivity contribution in [1.82, 2.24) is 0 Å². The van der Waals surface area contributed by atoms with E-state index in [1.165, 1.54) is 23.3 Å².